The van der Waals surface area contributed by atoms with Gasteiger partial charge in [0.2, 0.25) is 0 Å². The van der Waals surface area contributed by atoms with Gasteiger partial charge in [-0.2, -0.15) is 0 Å². The Morgan fingerprint density at radius 1 is 1.71 bits per heavy atom. The fourth-order valence-corrected chi connectivity index (χ4v) is 2.07. The number of carbonyl (C=O) groups is 1. The van der Waals surface area contributed by atoms with Crippen LogP contribution in [0.4, 0.5) is 0 Å². The second kappa shape index (κ2) is 5.11. The highest BCUT2D eigenvalue weighted by Gasteiger charge is 2.14. The molecule has 14 heavy (non-hydrogen) atoms. The molecule has 0 aliphatic rings. The van der Waals surface area contributed by atoms with Crippen molar-refractivity contribution in [1.82, 2.24) is 4.72 Å². The Balaban J connectivity index is 2.78. The summed E-state index contributed by atoms with van der Waals surface area (Å²) in [4.78, 5) is 11.9. The molecule has 0 fully saturated rings. The molecule has 4 nitrogen and oxygen atoms in total. The second-order valence-electron chi connectivity index (χ2n) is 2.43. The van der Waals surface area contributed by atoms with E-state index in [2.05, 4.69) is 4.72 Å². The molecule has 1 rings (SSSR count). The van der Waals surface area contributed by atoms with Gasteiger partial charge in [0, 0.05) is 6.26 Å². The summed E-state index contributed by atoms with van der Waals surface area (Å²) in [5.74, 6) is 0.185. The summed E-state index contributed by atoms with van der Waals surface area (Å²) in [5, 5.41) is 1.76. The Bertz CT molecular complexity index is 348. The normalized spacial score (nSPS) is 12.1. The van der Waals surface area contributed by atoms with Gasteiger partial charge in [-0.05, 0) is 18.4 Å². The predicted molar refractivity (Wildman–Crippen MR) is 57.0 cm³/mol. The molecule has 0 aromatic carbocycles. The fraction of sp³-hybridized carbons (Fsp3) is 0.375. The quantitative estimate of drug-likeness (QED) is 0.849. The smallest absolute Gasteiger partial charge is 0.276 e. The number of amides is 1. The number of hydrogen-bond donors (Lipinski definition) is 1. The van der Waals surface area contributed by atoms with Crippen molar-refractivity contribution in [3.63, 3.8) is 0 Å². The van der Waals surface area contributed by atoms with Crippen molar-refractivity contribution in [2.24, 2.45) is 0 Å². The van der Waals surface area contributed by atoms with E-state index < -0.39 is 11.0 Å². The number of thiophene rings is 1. The Kier molecular flexibility index (Phi) is 4.09. The summed E-state index contributed by atoms with van der Waals surface area (Å²) >= 11 is 1.27. The summed E-state index contributed by atoms with van der Waals surface area (Å²) in [5.41, 5.74) is 0. The Morgan fingerprint density at radius 2 is 2.43 bits per heavy atom. The lowest BCUT2D eigenvalue weighted by Gasteiger charge is -2.03. The van der Waals surface area contributed by atoms with Gasteiger partial charge in [0.1, 0.15) is 21.6 Å². The van der Waals surface area contributed by atoms with Gasteiger partial charge in [0.05, 0.1) is 6.61 Å². The van der Waals surface area contributed by atoms with Crippen LogP contribution in [-0.2, 0) is 11.0 Å². The zero-order valence-electron chi connectivity index (χ0n) is 7.90. The number of carbonyl (C=O) groups excluding carboxylic acids is 1. The van der Waals surface area contributed by atoms with Crippen LogP contribution in [0.2, 0.25) is 0 Å². The third-order valence-corrected chi connectivity index (χ3v) is 2.74. The summed E-state index contributed by atoms with van der Waals surface area (Å²) in [7, 11) is -1.34. The molecule has 6 heteroatoms. The van der Waals surface area contributed by atoms with E-state index in [0.717, 1.165) is 0 Å². The lowest BCUT2D eigenvalue weighted by atomic mass is 10.4. The van der Waals surface area contributed by atoms with Gasteiger partial charge in [-0.3, -0.25) is 9.52 Å². The molecule has 1 atom stereocenters. The van der Waals surface area contributed by atoms with E-state index in [1.165, 1.54) is 17.6 Å². The number of rotatable bonds is 4. The molecule has 1 aromatic heterocycles. The van der Waals surface area contributed by atoms with E-state index in [9.17, 15) is 9.00 Å². The van der Waals surface area contributed by atoms with Crippen molar-refractivity contribution in [2.45, 2.75) is 6.92 Å². The zero-order chi connectivity index (χ0) is 10.6. The van der Waals surface area contributed by atoms with Crippen molar-refractivity contribution in [2.75, 3.05) is 12.9 Å². The lowest BCUT2D eigenvalue weighted by Crippen LogP contribution is -2.24. The van der Waals surface area contributed by atoms with Crippen LogP contribution in [-0.4, -0.2) is 23.0 Å². The van der Waals surface area contributed by atoms with Crippen LogP contribution >= 0.6 is 11.3 Å². The highest BCUT2D eigenvalue weighted by Crippen LogP contribution is 2.24. The van der Waals surface area contributed by atoms with E-state index in [1.807, 2.05) is 6.92 Å². The van der Waals surface area contributed by atoms with Crippen molar-refractivity contribution < 1.29 is 13.7 Å². The van der Waals surface area contributed by atoms with Gasteiger partial charge in [0.25, 0.3) is 5.91 Å². The first-order chi connectivity index (χ1) is 6.65. The van der Waals surface area contributed by atoms with Crippen molar-refractivity contribution >= 4 is 28.2 Å². The maximum atomic E-state index is 11.4. The van der Waals surface area contributed by atoms with Gasteiger partial charge in [0.15, 0.2) is 0 Å². The standard InChI is InChI=1S/C8H11NO3S2/c1-3-12-6-4-5-13-7(6)8(10)9-14(2)11/h4-5H,3H2,1-2H3,(H,9,10). The van der Waals surface area contributed by atoms with E-state index in [0.29, 0.717) is 17.2 Å². The molecule has 78 valence electrons. The SMILES string of the molecule is CCOc1ccsc1C(=O)NS(C)=O. The van der Waals surface area contributed by atoms with Crippen molar-refractivity contribution in [3.05, 3.63) is 16.3 Å². The minimum atomic E-state index is -1.34. The first kappa shape index (κ1) is 11.2. The lowest BCUT2D eigenvalue weighted by molar-refractivity contribution is 0.0984. The van der Waals surface area contributed by atoms with Crippen LogP contribution in [0.3, 0.4) is 0 Å². The third kappa shape index (κ3) is 2.81. The molecule has 0 saturated carbocycles. The van der Waals surface area contributed by atoms with Crippen LogP contribution in [0.1, 0.15) is 16.6 Å². The zero-order valence-corrected chi connectivity index (χ0v) is 9.54. The maximum absolute atomic E-state index is 11.4. The summed E-state index contributed by atoms with van der Waals surface area (Å²) in [6, 6.07) is 1.72. The average Bonchev–Trinajstić information content (AvgIpc) is 2.51. The van der Waals surface area contributed by atoms with Gasteiger partial charge >= 0.3 is 0 Å². The molecule has 0 aliphatic heterocycles. The third-order valence-electron chi connectivity index (χ3n) is 1.37. The van der Waals surface area contributed by atoms with Gasteiger partial charge in [-0.25, -0.2) is 4.21 Å². The Hall–Kier alpha value is -0.880. The predicted octanol–water partition coefficient (Wildman–Crippen LogP) is 1.17. The number of hydrogen-bond acceptors (Lipinski definition) is 4. The average molecular weight is 233 g/mol. The molecule has 0 saturated heterocycles. The van der Waals surface area contributed by atoms with Gasteiger partial charge in [-0.1, -0.05) is 0 Å². The minimum absolute atomic E-state index is 0.357. The molecule has 1 heterocycles. The first-order valence-corrected chi connectivity index (χ1v) is 6.43. The van der Waals surface area contributed by atoms with E-state index in [4.69, 9.17) is 4.74 Å². The summed E-state index contributed by atoms with van der Waals surface area (Å²) < 4.78 is 18.3. The maximum Gasteiger partial charge on any atom is 0.276 e. The molecule has 0 aliphatic carbocycles. The van der Waals surface area contributed by atoms with E-state index in [1.54, 1.807) is 11.4 Å². The Labute approximate surface area is 88.9 Å². The van der Waals surface area contributed by atoms with Crippen LogP contribution in [0.5, 0.6) is 5.75 Å². The summed E-state index contributed by atoms with van der Waals surface area (Å²) in [6.07, 6.45) is 1.41. The molecular formula is C8H11NO3S2. The van der Waals surface area contributed by atoms with Crippen molar-refractivity contribution in [1.29, 1.82) is 0 Å². The minimum Gasteiger partial charge on any atom is -0.492 e. The highest BCUT2D eigenvalue weighted by molar-refractivity contribution is 7.82. The largest absolute Gasteiger partial charge is 0.492 e. The number of ether oxygens (including phenoxy) is 1. The van der Waals surface area contributed by atoms with Crippen LogP contribution in [0, 0.1) is 0 Å². The molecule has 1 amide bonds. The van der Waals surface area contributed by atoms with Crippen LogP contribution in [0.25, 0.3) is 0 Å². The highest BCUT2D eigenvalue weighted by atomic mass is 32.2. The topological polar surface area (TPSA) is 55.4 Å². The van der Waals surface area contributed by atoms with E-state index >= 15 is 0 Å². The molecule has 1 aromatic rings. The van der Waals surface area contributed by atoms with Gasteiger partial charge < -0.3 is 4.74 Å². The van der Waals surface area contributed by atoms with Crippen LogP contribution < -0.4 is 9.46 Å². The monoisotopic (exact) mass is 233 g/mol. The number of nitrogens with one attached hydrogen (secondary N) is 1. The second-order valence-corrected chi connectivity index (χ2v) is 4.46. The molecule has 0 spiro atoms. The molecule has 0 bridgehead atoms. The first-order valence-electron chi connectivity index (χ1n) is 3.99. The van der Waals surface area contributed by atoms with Gasteiger partial charge in [-0.15, -0.1) is 11.3 Å². The molecule has 1 unspecified atom stereocenters. The summed E-state index contributed by atoms with van der Waals surface area (Å²) in [6.45, 7) is 2.35. The Morgan fingerprint density at radius 3 is 3.00 bits per heavy atom. The van der Waals surface area contributed by atoms with Crippen molar-refractivity contribution in [3.8, 4) is 5.75 Å². The van der Waals surface area contributed by atoms with E-state index in [-0.39, 0.29) is 5.91 Å². The molecular weight excluding hydrogens is 222 g/mol. The molecule has 1 N–H and O–H groups in total. The molecule has 0 radical (unpaired) electrons. The fourth-order valence-electron chi connectivity index (χ4n) is 0.909. The van der Waals surface area contributed by atoms with Crippen LogP contribution in [0.15, 0.2) is 11.4 Å².